The highest BCUT2D eigenvalue weighted by atomic mass is 32.1. The predicted molar refractivity (Wildman–Crippen MR) is 125 cm³/mol. The Morgan fingerprint density at radius 3 is 2.58 bits per heavy atom. The highest BCUT2D eigenvalue weighted by Gasteiger charge is 2.25. The number of non-ortho nitro benzene ring substituents is 1. The van der Waals surface area contributed by atoms with Crippen LogP contribution in [0.15, 0.2) is 42.5 Å². The molecule has 0 bridgehead atoms. The van der Waals surface area contributed by atoms with Crippen molar-refractivity contribution in [1.29, 1.82) is 0 Å². The smallest absolute Gasteiger partial charge is 0.350 e. The summed E-state index contributed by atoms with van der Waals surface area (Å²) < 4.78 is 5.18. The second-order valence-electron chi connectivity index (χ2n) is 7.62. The van der Waals surface area contributed by atoms with E-state index in [1.807, 2.05) is 13.0 Å². The highest BCUT2D eigenvalue weighted by molar-refractivity contribution is 7.18. The van der Waals surface area contributed by atoms with Crippen LogP contribution in [-0.4, -0.2) is 34.4 Å². The number of nitro benzene ring substituents is 1. The first-order valence-electron chi connectivity index (χ1n) is 10.5. The molecule has 0 saturated heterocycles. The van der Waals surface area contributed by atoms with Crippen LogP contribution in [-0.2, 0) is 4.74 Å². The van der Waals surface area contributed by atoms with E-state index in [4.69, 9.17) is 4.74 Å². The summed E-state index contributed by atoms with van der Waals surface area (Å²) in [6, 6.07) is 11.5. The zero-order valence-electron chi connectivity index (χ0n) is 18.1. The highest BCUT2D eigenvalue weighted by Crippen LogP contribution is 2.35. The molecule has 1 aliphatic carbocycles. The lowest BCUT2D eigenvalue weighted by Gasteiger charge is -2.10. The Balaban J connectivity index is 1.65. The van der Waals surface area contributed by atoms with Crippen molar-refractivity contribution in [3.63, 3.8) is 0 Å². The Labute approximate surface area is 194 Å². The van der Waals surface area contributed by atoms with Crippen molar-refractivity contribution in [2.75, 3.05) is 11.9 Å². The predicted octanol–water partition coefficient (Wildman–Crippen LogP) is 4.84. The van der Waals surface area contributed by atoms with E-state index in [1.54, 1.807) is 31.2 Å². The Bertz CT molecular complexity index is 1220. The quantitative estimate of drug-likeness (QED) is 0.277. The van der Waals surface area contributed by atoms with Gasteiger partial charge in [0, 0.05) is 35.0 Å². The number of thiazole rings is 1. The molecule has 1 fully saturated rings. The first-order valence-corrected chi connectivity index (χ1v) is 11.3. The maximum Gasteiger partial charge on any atom is 0.350 e. The summed E-state index contributed by atoms with van der Waals surface area (Å²) in [5, 5.41) is 17.6. The molecule has 170 valence electrons. The fourth-order valence-corrected chi connectivity index (χ4v) is 4.05. The normalized spacial score (nSPS) is 12.8. The standard InChI is InChI=1S/C23H22N4O5S/c1-3-32-22(29)20-19(14-6-10-17(11-7-14)27(30)31)26-23(33-20)25-18-12-15(5-4-13(18)2)21(28)24-16-8-9-16/h4-7,10-12,16H,3,8-9H2,1-2H3,(H,24,28)(H,25,26). The lowest BCUT2D eigenvalue weighted by Crippen LogP contribution is -2.25. The van der Waals surface area contributed by atoms with E-state index in [0.29, 0.717) is 27.6 Å². The van der Waals surface area contributed by atoms with Gasteiger partial charge >= 0.3 is 5.97 Å². The molecule has 4 rings (SSSR count). The molecule has 2 aromatic carbocycles. The van der Waals surface area contributed by atoms with E-state index in [0.717, 1.165) is 29.7 Å². The molecule has 0 spiro atoms. The van der Waals surface area contributed by atoms with Crippen LogP contribution in [0.1, 0.15) is 45.4 Å². The minimum atomic E-state index is -0.523. The van der Waals surface area contributed by atoms with Crippen molar-refractivity contribution in [3.8, 4) is 11.3 Å². The molecular formula is C23H22N4O5S. The lowest BCUT2D eigenvalue weighted by molar-refractivity contribution is -0.384. The summed E-state index contributed by atoms with van der Waals surface area (Å²) in [5.74, 6) is -0.649. The third-order valence-corrected chi connectivity index (χ3v) is 6.04. The SMILES string of the molecule is CCOC(=O)c1sc(Nc2cc(C(=O)NC3CC3)ccc2C)nc1-c1ccc([N+](=O)[O-])cc1. The Morgan fingerprint density at radius 1 is 1.21 bits per heavy atom. The number of hydrogen-bond acceptors (Lipinski definition) is 8. The van der Waals surface area contributed by atoms with Crippen LogP contribution in [0.25, 0.3) is 11.3 Å². The average molecular weight is 467 g/mol. The molecule has 0 atom stereocenters. The van der Waals surface area contributed by atoms with Gasteiger partial charge in [0.15, 0.2) is 5.13 Å². The number of benzene rings is 2. The van der Waals surface area contributed by atoms with Gasteiger partial charge in [0.05, 0.1) is 17.2 Å². The van der Waals surface area contributed by atoms with E-state index in [2.05, 4.69) is 15.6 Å². The third kappa shape index (κ3) is 5.17. The maximum absolute atomic E-state index is 12.6. The van der Waals surface area contributed by atoms with Gasteiger partial charge in [0.25, 0.3) is 11.6 Å². The van der Waals surface area contributed by atoms with Crippen LogP contribution in [0.4, 0.5) is 16.5 Å². The number of nitro groups is 1. The number of hydrogen-bond donors (Lipinski definition) is 2. The molecule has 10 heteroatoms. The molecule has 1 aliphatic rings. The van der Waals surface area contributed by atoms with Gasteiger partial charge in [-0.15, -0.1) is 0 Å². The number of esters is 1. The fraction of sp³-hybridized carbons (Fsp3) is 0.261. The molecule has 33 heavy (non-hydrogen) atoms. The molecule has 3 aromatic rings. The molecule has 1 heterocycles. The lowest BCUT2D eigenvalue weighted by atomic mass is 10.1. The zero-order valence-corrected chi connectivity index (χ0v) is 18.9. The monoisotopic (exact) mass is 466 g/mol. The maximum atomic E-state index is 12.6. The summed E-state index contributed by atoms with van der Waals surface area (Å²) in [6.45, 7) is 3.82. The van der Waals surface area contributed by atoms with Crippen LogP contribution in [0.5, 0.6) is 0 Å². The number of aromatic nitrogens is 1. The van der Waals surface area contributed by atoms with Crippen molar-refractivity contribution in [3.05, 3.63) is 68.6 Å². The van der Waals surface area contributed by atoms with Crippen LogP contribution in [0.3, 0.4) is 0 Å². The zero-order chi connectivity index (χ0) is 23.5. The first-order chi connectivity index (χ1) is 15.9. The largest absolute Gasteiger partial charge is 0.462 e. The van der Waals surface area contributed by atoms with Gasteiger partial charge in [-0.1, -0.05) is 17.4 Å². The molecule has 9 nitrogen and oxygen atoms in total. The molecule has 2 N–H and O–H groups in total. The van der Waals surface area contributed by atoms with Gasteiger partial charge in [-0.05, 0) is 56.5 Å². The molecule has 0 unspecified atom stereocenters. The number of aryl methyl sites for hydroxylation is 1. The first kappa shape index (κ1) is 22.4. The second-order valence-corrected chi connectivity index (χ2v) is 8.62. The summed E-state index contributed by atoms with van der Waals surface area (Å²) in [4.78, 5) is 40.3. The minimum absolute atomic E-state index is 0.0538. The van der Waals surface area contributed by atoms with Gasteiger partial charge in [-0.2, -0.15) is 0 Å². The number of ether oxygens (including phenoxy) is 1. The van der Waals surface area contributed by atoms with E-state index < -0.39 is 10.9 Å². The summed E-state index contributed by atoms with van der Waals surface area (Å²) >= 11 is 1.12. The number of anilines is 2. The van der Waals surface area contributed by atoms with Crippen molar-refractivity contribution in [2.24, 2.45) is 0 Å². The van der Waals surface area contributed by atoms with Gasteiger partial charge in [-0.3, -0.25) is 14.9 Å². The fourth-order valence-electron chi connectivity index (χ4n) is 3.15. The van der Waals surface area contributed by atoms with Crippen molar-refractivity contribution >= 4 is 39.7 Å². The van der Waals surface area contributed by atoms with Gasteiger partial charge in [0.2, 0.25) is 0 Å². The van der Waals surface area contributed by atoms with E-state index in [1.165, 1.54) is 12.1 Å². The van der Waals surface area contributed by atoms with Crippen molar-refractivity contribution < 1.29 is 19.2 Å². The number of nitrogens with one attached hydrogen (secondary N) is 2. The number of nitrogens with zero attached hydrogens (tertiary/aromatic N) is 2. The topological polar surface area (TPSA) is 123 Å². The molecular weight excluding hydrogens is 444 g/mol. The van der Waals surface area contributed by atoms with Crippen molar-refractivity contribution in [2.45, 2.75) is 32.7 Å². The van der Waals surface area contributed by atoms with Crippen LogP contribution in [0.2, 0.25) is 0 Å². The summed E-state index contributed by atoms with van der Waals surface area (Å²) in [7, 11) is 0. The number of carbonyl (C=O) groups is 2. The Kier molecular flexibility index (Phi) is 6.36. The molecule has 1 amide bonds. The number of rotatable bonds is 8. The second kappa shape index (κ2) is 9.37. The Hall–Kier alpha value is -3.79. The molecule has 0 radical (unpaired) electrons. The molecule has 1 aromatic heterocycles. The van der Waals surface area contributed by atoms with E-state index in [-0.39, 0.29) is 29.1 Å². The summed E-state index contributed by atoms with van der Waals surface area (Å²) in [6.07, 6.45) is 2.01. The van der Waals surface area contributed by atoms with E-state index in [9.17, 15) is 19.7 Å². The molecule has 1 saturated carbocycles. The summed E-state index contributed by atoms with van der Waals surface area (Å²) in [5.41, 5.74) is 3.01. The number of amides is 1. The van der Waals surface area contributed by atoms with E-state index >= 15 is 0 Å². The Morgan fingerprint density at radius 2 is 1.94 bits per heavy atom. The molecule has 0 aliphatic heterocycles. The van der Waals surface area contributed by atoms with Crippen molar-refractivity contribution in [1.82, 2.24) is 10.3 Å². The average Bonchev–Trinajstić information content (AvgIpc) is 3.51. The van der Waals surface area contributed by atoms with Gasteiger partial charge < -0.3 is 15.4 Å². The third-order valence-electron chi connectivity index (χ3n) is 5.09. The number of carbonyl (C=O) groups excluding carboxylic acids is 2. The van der Waals surface area contributed by atoms with Crippen LogP contribution < -0.4 is 10.6 Å². The van der Waals surface area contributed by atoms with Crippen LogP contribution in [0, 0.1) is 17.0 Å². The van der Waals surface area contributed by atoms with Gasteiger partial charge in [0.1, 0.15) is 4.88 Å². The minimum Gasteiger partial charge on any atom is -0.462 e. The van der Waals surface area contributed by atoms with Crippen LogP contribution >= 0.6 is 11.3 Å². The van der Waals surface area contributed by atoms with Gasteiger partial charge in [-0.25, -0.2) is 9.78 Å².